The lowest BCUT2D eigenvalue weighted by Crippen LogP contribution is -2.29. The van der Waals surface area contributed by atoms with E-state index in [9.17, 15) is 9.67 Å². The molecule has 0 saturated carbocycles. The zero-order valence-electron chi connectivity index (χ0n) is 18.6. The second-order valence-electron chi connectivity index (χ2n) is 7.65. The normalized spacial score (nSPS) is 13.0. The number of nitrogens with one attached hydrogen (secondary N) is 1. The third kappa shape index (κ3) is 4.74. The second kappa shape index (κ2) is 9.16. The minimum atomic E-state index is -2.98. The van der Waals surface area contributed by atoms with Gasteiger partial charge in [0.15, 0.2) is 11.5 Å². The molecule has 1 aromatic carbocycles. The smallest absolute Gasteiger partial charge is 0.224 e. The van der Waals surface area contributed by atoms with Gasteiger partial charge in [-0.1, -0.05) is 6.07 Å². The van der Waals surface area contributed by atoms with Gasteiger partial charge in [0, 0.05) is 12.2 Å². The van der Waals surface area contributed by atoms with E-state index in [0.29, 0.717) is 17.9 Å². The summed E-state index contributed by atoms with van der Waals surface area (Å²) in [6, 6.07) is 7.60. The van der Waals surface area contributed by atoms with Crippen molar-refractivity contribution in [1.82, 2.24) is 14.3 Å². The number of anilines is 1. The highest BCUT2D eigenvalue weighted by Gasteiger charge is 2.39. The molecular formula is C21H33N4O3P. The van der Waals surface area contributed by atoms with Crippen LogP contribution in [0.1, 0.15) is 28.2 Å². The van der Waals surface area contributed by atoms with E-state index in [4.69, 9.17) is 4.74 Å². The topological polar surface area (TPSA) is 77.9 Å². The zero-order chi connectivity index (χ0) is 21.9. The number of hydrogen-bond acceptors (Lipinski definition) is 5. The van der Waals surface area contributed by atoms with Crippen LogP contribution in [0.25, 0.3) is 0 Å². The van der Waals surface area contributed by atoms with Crippen molar-refractivity contribution in [3.8, 4) is 11.5 Å². The molecule has 160 valence electrons. The molecule has 1 unspecified atom stereocenters. The van der Waals surface area contributed by atoms with E-state index in [-0.39, 0.29) is 11.4 Å². The van der Waals surface area contributed by atoms with Crippen molar-refractivity contribution in [2.24, 2.45) is 0 Å². The number of phenols is 1. The summed E-state index contributed by atoms with van der Waals surface area (Å²) in [5.74, 6) is 0.480. The predicted octanol–water partition coefficient (Wildman–Crippen LogP) is 4.19. The fraction of sp³-hybridized carbons (Fsp3) is 0.476. The number of aromatic hydroxyl groups is 1. The van der Waals surface area contributed by atoms with Crippen molar-refractivity contribution in [2.75, 3.05) is 47.2 Å². The Morgan fingerprint density at radius 1 is 1.14 bits per heavy atom. The average molecular weight is 420 g/mol. The highest BCUT2D eigenvalue weighted by molar-refractivity contribution is 7.59. The lowest BCUT2D eigenvalue weighted by molar-refractivity contribution is 0.370. The Morgan fingerprint density at radius 2 is 1.76 bits per heavy atom. The first-order valence-electron chi connectivity index (χ1n) is 9.53. The van der Waals surface area contributed by atoms with Gasteiger partial charge in [-0.3, -0.25) is 9.55 Å². The van der Waals surface area contributed by atoms with Crippen LogP contribution in [0.2, 0.25) is 0 Å². The number of benzene rings is 1. The standard InChI is InChI=1S/C21H33N4O3P/c1-14-11-17(12-19(28-8)21(14)26)20(29(27,24(4)5)25(6)7)13-22-18-10-9-15(2)23-16(18)3/h9-12,20,22,26H,13H2,1-8H3. The van der Waals surface area contributed by atoms with Gasteiger partial charge in [-0.05, 0) is 78.3 Å². The van der Waals surface area contributed by atoms with Gasteiger partial charge in [0.1, 0.15) is 0 Å². The molecule has 0 saturated heterocycles. The van der Waals surface area contributed by atoms with Crippen molar-refractivity contribution in [2.45, 2.75) is 26.4 Å². The van der Waals surface area contributed by atoms with Crippen molar-refractivity contribution in [3.05, 3.63) is 46.8 Å². The zero-order valence-corrected chi connectivity index (χ0v) is 19.5. The molecule has 0 amide bonds. The summed E-state index contributed by atoms with van der Waals surface area (Å²) in [6.45, 7) is 6.16. The molecule has 1 heterocycles. The predicted molar refractivity (Wildman–Crippen MR) is 119 cm³/mol. The van der Waals surface area contributed by atoms with E-state index >= 15 is 0 Å². The van der Waals surface area contributed by atoms with Gasteiger partial charge < -0.3 is 15.2 Å². The van der Waals surface area contributed by atoms with Crippen LogP contribution >= 0.6 is 7.44 Å². The third-order valence-corrected chi connectivity index (χ3v) is 8.74. The molecule has 0 bridgehead atoms. The van der Waals surface area contributed by atoms with E-state index in [1.54, 1.807) is 15.4 Å². The Balaban J connectivity index is 2.54. The minimum absolute atomic E-state index is 0.103. The lowest BCUT2D eigenvalue weighted by Gasteiger charge is -2.37. The molecule has 1 aromatic heterocycles. The molecule has 0 aliphatic rings. The maximum atomic E-state index is 14.2. The van der Waals surface area contributed by atoms with Gasteiger partial charge in [0.25, 0.3) is 0 Å². The Hall–Kier alpha value is -2.08. The van der Waals surface area contributed by atoms with Crippen LogP contribution in [0.15, 0.2) is 24.3 Å². The van der Waals surface area contributed by atoms with Gasteiger partial charge in [0.2, 0.25) is 7.44 Å². The van der Waals surface area contributed by atoms with Crippen LogP contribution < -0.4 is 10.1 Å². The molecule has 0 fully saturated rings. The number of pyridine rings is 1. The Labute approximate surface area is 174 Å². The SMILES string of the molecule is COc1cc(C(CNc2ccc(C)nc2C)P(=O)(N(C)C)N(C)C)cc(C)c1O. The molecule has 29 heavy (non-hydrogen) atoms. The number of nitrogens with zero attached hydrogens (tertiary/aromatic N) is 3. The number of rotatable bonds is 8. The molecule has 7 nitrogen and oxygen atoms in total. The number of phenolic OH excluding ortho intramolecular Hbond substituents is 1. The number of hydrogen-bond donors (Lipinski definition) is 2. The summed E-state index contributed by atoms with van der Waals surface area (Å²) in [5, 5.41) is 13.7. The van der Waals surface area contributed by atoms with Crippen molar-refractivity contribution < 1.29 is 14.4 Å². The van der Waals surface area contributed by atoms with Gasteiger partial charge >= 0.3 is 0 Å². The van der Waals surface area contributed by atoms with Crippen molar-refractivity contribution in [1.29, 1.82) is 0 Å². The first-order valence-corrected chi connectivity index (χ1v) is 11.2. The third-order valence-electron chi connectivity index (χ3n) is 5.16. The second-order valence-corrected chi connectivity index (χ2v) is 11.1. The summed E-state index contributed by atoms with van der Waals surface area (Å²) in [5.41, 5.74) is 3.92. The van der Waals surface area contributed by atoms with Crippen LogP contribution in [-0.4, -0.2) is 61.3 Å². The van der Waals surface area contributed by atoms with Crippen LogP contribution in [0.4, 0.5) is 5.69 Å². The van der Waals surface area contributed by atoms with Gasteiger partial charge in [0.05, 0.1) is 24.2 Å². The average Bonchev–Trinajstić information content (AvgIpc) is 2.65. The summed E-state index contributed by atoms with van der Waals surface area (Å²) in [7, 11) is 5.86. The van der Waals surface area contributed by atoms with E-state index in [0.717, 1.165) is 22.6 Å². The molecule has 2 N–H and O–H groups in total. The molecule has 0 aliphatic carbocycles. The van der Waals surface area contributed by atoms with Crippen LogP contribution in [-0.2, 0) is 4.57 Å². The molecule has 0 radical (unpaired) electrons. The fourth-order valence-corrected chi connectivity index (χ4v) is 6.25. The number of ether oxygens (including phenoxy) is 1. The van der Waals surface area contributed by atoms with E-state index < -0.39 is 7.44 Å². The number of aromatic nitrogens is 1. The molecule has 2 rings (SSSR count). The minimum Gasteiger partial charge on any atom is -0.504 e. The quantitative estimate of drug-likeness (QED) is 0.620. The van der Waals surface area contributed by atoms with Crippen molar-refractivity contribution in [3.63, 3.8) is 0 Å². The van der Waals surface area contributed by atoms with Gasteiger partial charge in [-0.15, -0.1) is 0 Å². The lowest BCUT2D eigenvalue weighted by atomic mass is 10.1. The molecule has 2 aromatic rings. The monoisotopic (exact) mass is 420 g/mol. The first kappa shape index (κ1) is 23.2. The summed E-state index contributed by atoms with van der Waals surface area (Å²) >= 11 is 0. The molecule has 8 heteroatoms. The van der Waals surface area contributed by atoms with Crippen LogP contribution in [0, 0.1) is 20.8 Å². The molecule has 0 aliphatic heterocycles. The van der Waals surface area contributed by atoms with E-state index in [1.807, 2.05) is 67.2 Å². The first-order chi connectivity index (χ1) is 13.5. The summed E-state index contributed by atoms with van der Waals surface area (Å²) in [4.78, 5) is 4.50. The van der Waals surface area contributed by atoms with Crippen molar-refractivity contribution >= 4 is 13.1 Å². The maximum Gasteiger partial charge on any atom is 0.224 e. The Morgan fingerprint density at radius 3 is 2.28 bits per heavy atom. The number of aryl methyl sites for hydroxylation is 3. The summed E-state index contributed by atoms with van der Waals surface area (Å²) < 4.78 is 23.1. The van der Waals surface area contributed by atoms with Gasteiger partial charge in [-0.25, -0.2) is 9.34 Å². The van der Waals surface area contributed by atoms with E-state index in [1.165, 1.54) is 7.11 Å². The van der Waals surface area contributed by atoms with Gasteiger partial charge in [-0.2, -0.15) is 0 Å². The Kier molecular flexibility index (Phi) is 7.33. The van der Waals surface area contributed by atoms with E-state index in [2.05, 4.69) is 10.3 Å². The highest BCUT2D eigenvalue weighted by atomic mass is 31.2. The maximum absolute atomic E-state index is 14.2. The number of methoxy groups -OCH3 is 1. The molecule has 0 spiro atoms. The molecule has 1 atom stereocenters. The van der Waals surface area contributed by atoms with Crippen LogP contribution in [0.5, 0.6) is 11.5 Å². The fourth-order valence-electron chi connectivity index (χ4n) is 3.55. The highest BCUT2D eigenvalue weighted by Crippen LogP contribution is 2.62. The largest absolute Gasteiger partial charge is 0.504 e. The Bertz CT molecular complexity index is 903. The summed E-state index contributed by atoms with van der Waals surface area (Å²) in [6.07, 6.45) is 0. The van der Waals surface area contributed by atoms with Crippen LogP contribution in [0.3, 0.4) is 0 Å². The molecular weight excluding hydrogens is 387 g/mol.